The number of piperidine rings is 1. The number of fused-ring (bicyclic) bond motifs is 1. The van der Waals surface area contributed by atoms with E-state index in [4.69, 9.17) is 4.74 Å². The molecule has 4 aromatic rings. The molecule has 1 aliphatic heterocycles. The van der Waals surface area contributed by atoms with E-state index in [0.717, 1.165) is 70.0 Å². The highest BCUT2D eigenvalue weighted by Crippen LogP contribution is 2.37. The van der Waals surface area contributed by atoms with Crippen LogP contribution in [0.5, 0.6) is 5.75 Å². The zero-order valence-electron chi connectivity index (χ0n) is 21.8. The van der Waals surface area contributed by atoms with Crippen molar-refractivity contribution in [2.75, 3.05) is 38.6 Å². The number of nitriles is 1. The number of pyridine rings is 1. The van der Waals surface area contributed by atoms with Gasteiger partial charge in [0.2, 0.25) is 0 Å². The molecule has 0 saturated carbocycles. The number of anilines is 2. The summed E-state index contributed by atoms with van der Waals surface area (Å²) in [6.07, 6.45) is 5.96. The van der Waals surface area contributed by atoms with Crippen molar-refractivity contribution in [3.63, 3.8) is 0 Å². The van der Waals surface area contributed by atoms with Gasteiger partial charge >= 0.3 is 0 Å². The third-order valence-electron chi connectivity index (χ3n) is 7.32. The van der Waals surface area contributed by atoms with Crippen LogP contribution >= 0.6 is 0 Å². The number of rotatable bonds is 8. The van der Waals surface area contributed by atoms with E-state index in [1.165, 1.54) is 12.8 Å². The summed E-state index contributed by atoms with van der Waals surface area (Å²) in [6, 6.07) is 17.1. The van der Waals surface area contributed by atoms with Crippen LogP contribution in [-0.4, -0.2) is 54.2 Å². The molecule has 2 aromatic carbocycles. The second-order valence-corrected chi connectivity index (χ2v) is 9.83. The number of nitrogens with one attached hydrogen (secondary N) is 3. The number of hydrogen-bond donors (Lipinski definition) is 3. The van der Waals surface area contributed by atoms with Crippen LogP contribution in [0.3, 0.4) is 0 Å². The lowest BCUT2D eigenvalue weighted by Gasteiger charge is -2.29. The number of aromatic nitrogens is 2. The number of likely N-dealkylation sites (tertiary alicyclic amines) is 1. The fraction of sp³-hybridized carbons (Fsp3) is 0.333. The highest BCUT2D eigenvalue weighted by molar-refractivity contribution is 5.92. The molecular weight excluding hydrogens is 460 g/mol. The third-order valence-corrected chi connectivity index (χ3v) is 7.32. The Morgan fingerprint density at radius 1 is 1.11 bits per heavy atom. The van der Waals surface area contributed by atoms with Gasteiger partial charge in [0.05, 0.1) is 11.3 Å². The maximum atomic E-state index is 9.88. The SMILES string of the molecule is Cc1ncc(C#N)c(Nc2ccc3[nH]ccc3c2C)c1-c1ccc(OCCNC2CCN(C)CC2)cc1. The van der Waals surface area contributed by atoms with Gasteiger partial charge in [-0.3, -0.25) is 4.98 Å². The van der Waals surface area contributed by atoms with Crippen molar-refractivity contribution in [1.29, 1.82) is 5.26 Å². The topological polar surface area (TPSA) is 89.0 Å². The van der Waals surface area contributed by atoms with Crippen molar-refractivity contribution in [3.05, 3.63) is 71.7 Å². The first-order chi connectivity index (χ1) is 18.0. The van der Waals surface area contributed by atoms with Gasteiger partial charge in [0.25, 0.3) is 0 Å². The van der Waals surface area contributed by atoms with Crippen LogP contribution in [0.2, 0.25) is 0 Å². The smallest absolute Gasteiger partial charge is 0.119 e. The van der Waals surface area contributed by atoms with Gasteiger partial charge in [-0.2, -0.15) is 5.26 Å². The van der Waals surface area contributed by atoms with E-state index in [1.54, 1.807) is 6.20 Å². The zero-order valence-corrected chi connectivity index (χ0v) is 21.8. The molecule has 1 saturated heterocycles. The monoisotopic (exact) mass is 494 g/mol. The number of H-pyrrole nitrogens is 1. The van der Waals surface area contributed by atoms with Crippen LogP contribution in [0.25, 0.3) is 22.0 Å². The number of hydrogen-bond acceptors (Lipinski definition) is 6. The molecule has 0 radical (unpaired) electrons. The Kier molecular flexibility index (Phi) is 7.40. The van der Waals surface area contributed by atoms with Crippen LogP contribution in [0, 0.1) is 25.2 Å². The van der Waals surface area contributed by atoms with Crippen LogP contribution < -0.4 is 15.4 Å². The summed E-state index contributed by atoms with van der Waals surface area (Å²) < 4.78 is 6.00. The van der Waals surface area contributed by atoms with Gasteiger partial charge in [-0.05, 0) is 88.3 Å². The Bertz CT molecular complexity index is 1410. The molecule has 0 atom stereocenters. The van der Waals surface area contributed by atoms with E-state index < -0.39 is 0 Å². The van der Waals surface area contributed by atoms with Crippen LogP contribution in [0.1, 0.15) is 29.7 Å². The minimum absolute atomic E-state index is 0.509. The number of ether oxygens (including phenoxy) is 1. The molecule has 0 spiro atoms. The van der Waals surface area contributed by atoms with E-state index >= 15 is 0 Å². The van der Waals surface area contributed by atoms with E-state index in [9.17, 15) is 5.26 Å². The highest BCUT2D eigenvalue weighted by atomic mass is 16.5. The predicted molar refractivity (Wildman–Crippen MR) is 149 cm³/mol. The van der Waals surface area contributed by atoms with Crippen molar-refractivity contribution in [1.82, 2.24) is 20.2 Å². The maximum absolute atomic E-state index is 9.88. The second kappa shape index (κ2) is 11.0. The first-order valence-electron chi connectivity index (χ1n) is 12.9. The standard InChI is InChI=1S/C30H34N6O/c1-20-26-10-13-33-28(26)9-8-27(20)35-30-23(18-31)19-34-21(2)29(30)22-4-6-25(7-5-22)37-17-14-32-24-11-15-36(3)16-12-24/h4-10,13,19,24,32-33H,11-12,14-17H2,1-3H3,(H,34,35). The van der Waals surface area contributed by atoms with Gasteiger partial charge < -0.3 is 25.3 Å². The summed E-state index contributed by atoms with van der Waals surface area (Å²) in [4.78, 5) is 10.1. The van der Waals surface area contributed by atoms with Crippen LogP contribution in [0.4, 0.5) is 11.4 Å². The fourth-order valence-electron chi connectivity index (χ4n) is 5.09. The summed E-state index contributed by atoms with van der Waals surface area (Å²) in [5, 5.41) is 18.2. The van der Waals surface area contributed by atoms with Crippen molar-refractivity contribution in [2.24, 2.45) is 0 Å². The molecule has 37 heavy (non-hydrogen) atoms. The maximum Gasteiger partial charge on any atom is 0.119 e. The Labute approximate surface area is 218 Å². The van der Waals surface area contributed by atoms with E-state index in [0.29, 0.717) is 18.2 Å². The quantitative estimate of drug-likeness (QED) is 0.279. The van der Waals surface area contributed by atoms with Gasteiger partial charge in [0.1, 0.15) is 18.4 Å². The molecule has 7 nitrogen and oxygen atoms in total. The number of benzene rings is 2. The second-order valence-electron chi connectivity index (χ2n) is 9.83. The molecule has 1 aliphatic rings. The third kappa shape index (κ3) is 5.46. The van der Waals surface area contributed by atoms with Crippen molar-refractivity contribution >= 4 is 22.3 Å². The average molecular weight is 495 g/mol. The van der Waals surface area contributed by atoms with Gasteiger partial charge in [-0.25, -0.2) is 0 Å². The van der Waals surface area contributed by atoms with E-state index in [2.05, 4.69) is 57.7 Å². The Hall–Kier alpha value is -3.86. The first-order valence-corrected chi connectivity index (χ1v) is 12.9. The van der Waals surface area contributed by atoms with Gasteiger partial charge in [-0.1, -0.05) is 12.1 Å². The highest BCUT2D eigenvalue weighted by Gasteiger charge is 2.17. The molecule has 3 N–H and O–H groups in total. The number of aromatic amines is 1. The molecule has 0 bridgehead atoms. The molecule has 7 heteroatoms. The lowest BCUT2D eigenvalue weighted by molar-refractivity contribution is 0.224. The molecule has 5 rings (SSSR count). The lowest BCUT2D eigenvalue weighted by atomic mass is 9.99. The molecule has 190 valence electrons. The predicted octanol–water partition coefficient (Wildman–Crippen LogP) is 5.52. The summed E-state index contributed by atoms with van der Waals surface area (Å²) in [5.74, 6) is 0.833. The zero-order chi connectivity index (χ0) is 25.8. The Balaban J connectivity index is 1.32. The molecule has 2 aromatic heterocycles. The fourth-order valence-corrected chi connectivity index (χ4v) is 5.09. The molecule has 0 amide bonds. The van der Waals surface area contributed by atoms with E-state index in [1.807, 2.05) is 43.5 Å². The molecule has 0 unspecified atom stereocenters. The molecule has 0 aliphatic carbocycles. The van der Waals surface area contributed by atoms with Crippen LogP contribution in [0.15, 0.2) is 54.9 Å². The summed E-state index contributed by atoms with van der Waals surface area (Å²) in [5.41, 5.74) is 7.22. The van der Waals surface area contributed by atoms with Gasteiger partial charge in [0.15, 0.2) is 0 Å². The Morgan fingerprint density at radius 2 is 1.89 bits per heavy atom. The number of nitrogens with zero attached hydrogens (tertiary/aromatic N) is 3. The Morgan fingerprint density at radius 3 is 2.65 bits per heavy atom. The first kappa shape index (κ1) is 24.8. The van der Waals surface area contributed by atoms with Gasteiger partial charge in [-0.15, -0.1) is 0 Å². The molecular formula is C30H34N6O. The summed E-state index contributed by atoms with van der Waals surface area (Å²) in [6.45, 7) is 7.83. The minimum atomic E-state index is 0.509. The molecule has 1 fully saturated rings. The number of aryl methyl sites for hydroxylation is 2. The van der Waals surface area contributed by atoms with Crippen molar-refractivity contribution in [3.8, 4) is 22.9 Å². The van der Waals surface area contributed by atoms with E-state index in [-0.39, 0.29) is 0 Å². The van der Waals surface area contributed by atoms with Crippen LogP contribution in [-0.2, 0) is 0 Å². The summed E-state index contributed by atoms with van der Waals surface area (Å²) >= 11 is 0. The van der Waals surface area contributed by atoms with Crippen molar-refractivity contribution in [2.45, 2.75) is 32.7 Å². The molecule has 3 heterocycles. The summed E-state index contributed by atoms with van der Waals surface area (Å²) in [7, 11) is 2.18. The van der Waals surface area contributed by atoms with Crippen molar-refractivity contribution < 1.29 is 4.74 Å². The van der Waals surface area contributed by atoms with Gasteiger partial charge in [0, 0.05) is 52.8 Å². The lowest BCUT2D eigenvalue weighted by Crippen LogP contribution is -2.42. The largest absolute Gasteiger partial charge is 0.492 e. The average Bonchev–Trinajstić information content (AvgIpc) is 3.40. The minimum Gasteiger partial charge on any atom is -0.492 e. The normalized spacial score (nSPS) is 14.5.